The van der Waals surface area contributed by atoms with Crippen LogP contribution in [0.5, 0.6) is 11.5 Å². The van der Waals surface area contributed by atoms with E-state index in [0.717, 1.165) is 11.1 Å². The molecule has 204 valence electrons. The molecule has 0 amide bonds. The molecule has 0 aliphatic carbocycles. The van der Waals surface area contributed by atoms with Crippen molar-refractivity contribution in [3.63, 3.8) is 0 Å². The van der Waals surface area contributed by atoms with E-state index in [4.69, 9.17) is 14.2 Å². The molecule has 1 heterocycles. The van der Waals surface area contributed by atoms with Gasteiger partial charge in [0.15, 0.2) is 0 Å². The zero-order valence-corrected chi connectivity index (χ0v) is 21.3. The number of benzene rings is 3. The highest BCUT2D eigenvalue weighted by Gasteiger charge is 2.45. The number of aliphatic hydroxyl groups excluding tert-OH is 4. The van der Waals surface area contributed by atoms with Crippen molar-refractivity contribution in [1.29, 1.82) is 0 Å². The van der Waals surface area contributed by atoms with Gasteiger partial charge in [0, 0.05) is 11.1 Å². The lowest BCUT2D eigenvalue weighted by Crippen LogP contribution is -2.60. The minimum atomic E-state index is -1.59. The van der Waals surface area contributed by atoms with E-state index in [1.54, 1.807) is 54.6 Å². The van der Waals surface area contributed by atoms with Crippen molar-refractivity contribution in [3.05, 3.63) is 109 Å². The van der Waals surface area contributed by atoms with Crippen molar-refractivity contribution in [1.82, 2.24) is 0 Å². The predicted molar refractivity (Wildman–Crippen MR) is 145 cm³/mol. The van der Waals surface area contributed by atoms with Gasteiger partial charge in [0.05, 0.1) is 12.2 Å². The van der Waals surface area contributed by atoms with E-state index >= 15 is 0 Å². The van der Waals surface area contributed by atoms with Gasteiger partial charge in [0.2, 0.25) is 6.29 Å². The number of carbonyl (C=O) groups is 1. The van der Waals surface area contributed by atoms with Gasteiger partial charge >= 0.3 is 5.97 Å². The summed E-state index contributed by atoms with van der Waals surface area (Å²) in [4.78, 5) is 12.9. The third-order valence-corrected chi connectivity index (χ3v) is 6.44. The highest BCUT2D eigenvalue weighted by Crippen LogP contribution is 2.40. The normalized spacial score (nSPS) is 22.6. The van der Waals surface area contributed by atoms with Gasteiger partial charge in [-0.05, 0) is 60.4 Å². The standard InChI is InChI=1S/C31H32O8/c1-3-8-19-12-14-24(37-30(36)21-10-6-5-7-11-21)22(16-19)23-17-20(9-4-2)13-15-25(23)38-31-29(35)28(34)27(33)26(18-32)39-31/h3-7,10-17,26-29,31-35H,1-2,8-9,18H2/t26-,27-,28+,29-,31-/m1/s1. The molecule has 0 aromatic heterocycles. The average Bonchev–Trinajstić information content (AvgIpc) is 2.95. The van der Waals surface area contributed by atoms with Crippen LogP contribution in [0.15, 0.2) is 92.0 Å². The van der Waals surface area contributed by atoms with Gasteiger partial charge in [0.1, 0.15) is 35.9 Å². The van der Waals surface area contributed by atoms with Gasteiger partial charge in [-0.25, -0.2) is 4.79 Å². The summed E-state index contributed by atoms with van der Waals surface area (Å²) in [5, 5.41) is 40.5. The van der Waals surface area contributed by atoms with Gasteiger partial charge in [-0.1, -0.05) is 42.5 Å². The molecule has 0 radical (unpaired) electrons. The fourth-order valence-corrected chi connectivity index (χ4v) is 4.38. The first-order chi connectivity index (χ1) is 18.9. The number of hydrogen-bond acceptors (Lipinski definition) is 8. The van der Waals surface area contributed by atoms with Gasteiger partial charge < -0.3 is 34.6 Å². The molecule has 4 rings (SSSR count). The number of carbonyl (C=O) groups excluding carboxylic acids is 1. The molecule has 3 aromatic carbocycles. The van der Waals surface area contributed by atoms with Crippen LogP contribution >= 0.6 is 0 Å². The Bertz CT molecular complexity index is 1300. The smallest absolute Gasteiger partial charge is 0.343 e. The van der Waals surface area contributed by atoms with Crippen LogP contribution < -0.4 is 9.47 Å². The summed E-state index contributed by atoms with van der Waals surface area (Å²) >= 11 is 0. The minimum Gasteiger partial charge on any atom is -0.461 e. The molecule has 1 fully saturated rings. The van der Waals surface area contributed by atoms with Gasteiger partial charge in [-0.2, -0.15) is 0 Å². The Morgan fingerprint density at radius 1 is 0.821 bits per heavy atom. The SMILES string of the molecule is C=CCc1ccc(OC(=O)c2ccccc2)c(-c2cc(CC=C)ccc2O[C@@H]2O[C@H](CO)[C@@H](O)[C@H](O)[C@H]2O)c1. The van der Waals surface area contributed by atoms with Crippen molar-refractivity contribution in [2.45, 2.75) is 43.5 Å². The molecule has 0 saturated carbocycles. The molecule has 0 bridgehead atoms. The van der Waals surface area contributed by atoms with Crippen LogP contribution in [0.3, 0.4) is 0 Å². The molecule has 1 aliphatic rings. The van der Waals surface area contributed by atoms with Crippen LogP contribution in [0.2, 0.25) is 0 Å². The Morgan fingerprint density at radius 3 is 2.00 bits per heavy atom. The Balaban J connectivity index is 1.78. The van der Waals surface area contributed by atoms with Gasteiger partial charge in [-0.15, -0.1) is 13.2 Å². The van der Waals surface area contributed by atoms with E-state index < -0.39 is 43.3 Å². The summed E-state index contributed by atoms with van der Waals surface area (Å²) in [7, 11) is 0. The Morgan fingerprint density at radius 2 is 1.41 bits per heavy atom. The van der Waals surface area contributed by atoms with E-state index in [1.807, 2.05) is 24.3 Å². The fourth-order valence-electron chi connectivity index (χ4n) is 4.38. The summed E-state index contributed by atoms with van der Waals surface area (Å²) in [6, 6.07) is 19.4. The molecule has 8 nitrogen and oxygen atoms in total. The van der Waals surface area contributed by atoms with Crippen LogP contribution in [0.1, 0.15) is 21.5 Å². The highest BCUT2D eigenvalue weighted by molar-refractivity contribution is 5.92. The van der Waals surface area contributed by atoms with Crippen LogP contribution in [-0.4, -0.2) is 63.7 Å². The van der Waals surface area contributed by atoms with Crippen molar-refractivity contribution in [2.75, 3.05) is 6.61 Å². The number of aliphatic hydroxyl groups is 4. The molecule has 39 heavy (non-hydrogen) atoms. The Hall–Kier alpha value is -3.79. The third-order valence-electron chi connectivity index (χ3n) is 6.44. The first-order valence-electron chi connectivity index (χ1n) is 12.6. The lowest BCUT2D eigenvalue weighted by molar-refractivity contribution is -0.277. The maximum atomic E-state index is 12.9. The molecular weight excluding hydrogens is 500 g/mol. The second-order valence-electron chi connectivity index (χ2n) is 9.22. The maximum absolute atomic E-state index is 12.9. The number of ether oxygens (including phenoxy) is 3. The number of hydrogen-bond donors (Lipinski definition) is 4. The molecule has 0 spiro atoms. The second kappa shape index (κ2) is 12.8. The monoisotopic (exact) mass is 532 g/mol. The lowest BCUT2D eigenvalue weighted by Gasteiger charge is -2.39. The maximum Gasteiger partial charge on any atom is 0.343 e. The molecule has 8 heteroatoms. The second-order valence-corrected chi connectivity index (χ2v) is 9.22. The first kappa shape index (κ1) is 28.2. The fraction of sp³-hybridized carbons (Fsp3) is 0.258. The Labute approximate surface area is 227 Å². The lowest BCUT2D eigenvalue weighted by atomic mass is 9.96. The highest BCUT2D eigenvalue weighted by atomic mass is 16.7. The van der Waals surface area contributed by atoms with Crippen LogP contribution in [0.25, 0.3) is 11.1 Å². The van der Waals surface area contributed by atoms with E-state index in [9.17, 15) is 25.2 Å². The summed E-state index contributed by atoms with van der Waals surface area (Å²) < 4.78 is 17.4. The number of allylic oxidation sites excluding steroid dienone is 2. The quantitative estimate of drug-likeness (QED) is 0.178. The molecule has 1 saturated heterocycles. The van der Waals surface area contributed by atoms with E-state index in [-0.39, 0.29) is 11.5 Å². The van der Waals surface area contributed by atoms with Crippen LogP contribution in [0, 0.1) is 0 Å². The Kier molecular flexibility index (Phi) is 9.29. The topological polar surface area (TPSA) is 126 Å². The molecule has 4 N–H and O–H groups in total. The minimum absolute atomic E-state index is 0.264. The van der Waals surface area contributed by atoms with E-state index in [1.165, 1.54) is 0 Å². The number of rotatable bonds is 10. The van der Waals surface area contributed by atoms with Crippen molar-refractivity contribution < 1.29 is 39.4 Å². The molecule has 0 unspecified atom stereocenters. The molecular formula is C31H32O8. The van der Waals surface area contributed by atoms with Crippen LogP contribution in [-0.2, 0) is 17.6 Å². The zero-order chi connectivity index (χ0) is 27.9. The van der Waals surface area contributed by atoms with Crippen LogP contribution in [0.4, 0.5) is 0 Å². The molecule has 3 aromatic rings. The van der Waals surface area contributed by atoms with Crippen molar-refractivity contribution in [3.8, 4) is 22.6 Å². The van der Waals surface area contributed by atoms with E-state index in [2.05, 4.69) is 13.2 Å². The first-order valence-corrected chi connectivity index (χ1v) is 12.6. The largest absolute Gasteiger partial charge is 0.461 e. The summed E-state index contributed by atoms with van der Waals surface area (Å²) in [5.74, 6) is 0.0120. The molecule has 1 aliphatic heterocycles. The van der Waals surface area contributed by atoms with Crippen molar-refractivity contribution in [2.24, 2.45) is 0 Å². The summed E-state index contributed by atoms with van der Waals surface area (Å²) in [5.41, 5.74) is 3.28. The third kappa shape index (κ3) is 6.44. The van der Waals surface area contributed by atoms with Gasteiger partial charge in [0.25, 0.3) is 0 Å². The predicted octanol–water partition coefficient (Wildman–Crippen LogP) is 3.21. The summed E-state index contributed by atoms with van der Waals surface area (Å²) in [6.07, 6.45) is -2.59. The van der Waals surface area contributed by atoms with Crippen molar-refractivity contribution >= 4 is 5.97 Å². The zero-order valence-electron chi connectivity index (χ0n) is 21.3. The van der Waals surface area contributed by atoms with Gasteiger partial charge in [-0.3, -0.25) is 0 Å². The molecule has 5 atom stereocenters. The number of esters is 1. The van der Waals surface area contributed by atoms with E-state index in [0.29, 0.717) is 29.5 Å². The average molecular weight is 533 g/mol. The summed E-state index contributed by atoms with van der Waals surface area (Å²) in [6.45, 7) is 7.03.